The minimum Gasteiger partial charge on any atom is -0.338 e. The minimum absolute atomic E-state index is 0.0919. The molecular weight excluding hydrogens is 316 g/mol. The van der Waals surface area contributed by atoms with E-state index in [1.165, 1.54) is 4.90 Å². The van der Waals surface area contributed by atoms with Gasteiger partial charge in [0.15, 0.2) is 0 Å². The number of likely N-dealkylation sites (tertiary alicyclic amines) is 1. The Balaban J connectivity index is 1.76. The molecule has 2 fully saturated rings. The van der Waals surface area contributed by atoms with E-state index in [9.17, 15) is 18.4 Å². The molecule has 7 heteroatoms. The molecule has 0 bridgehead atoms. The summed E-state index contributed by atoms with van der Waals surface area (Å²) in [4.78, 5) is 30.7. The van der Waals surface area contributed by atoms with Crippen LogP contribution >= 0.6 is 0 Å². The summed E-state index contributed by atoms with van der Waals surface area (Å²) in [5.74, 6) is -2.14. The van der Waals surface area contributed by atoms with Gasteiger partial charge in [-0.2, -0.15) is 0 Å². The van der Waals surface area contributed by atoms with Gasteiger partial charge in [-0.05, 0) is 38.1 Å². The van der Waals surface area contributed by atoms with Gasteiger partial charge in [-0.25, -0.2) is 8.78 Å². The minimum atomic E-state index is -0.765. The SMILES string of the molecule is CN1CCN(C(=O)[C@H]2CCCN2C(=O)c2cc(F)ccc2F)CC1. The van der Waals surface area contributed by atoms with Crippen molar-refractivity contribution in [1.82, 2.24) is 14.7 Å². The Bertz CT molecular complexity index is 645. The predicted molar refractivity (Wildman–Crippen MR) is 84.5 cm³/mol. The van der Waals surface area contributed by atoms with Crippen molar-refractivity contribution in [3.05, 3.63) is 35.4 Å². The van der Waals surface area contributed by atoms with Gasteiger partial charge in [0.05, 0.1) is 5.56 Å². The van der Waals surface area contributed by atoms with Crippen LogP contribution in [-0.4, -0.2) is 72.3 Å². The van der Waals surface area contributed by atoms with Crippen molar-refractivity contribution in [2.45, 2.75) is 18.9 Å². The summed E-state index contributed by atoms with van der Waals surface area (Å²) in [7, 11) is 2.00. The maximum Gasteiger partial charge on any atom is 0.257 e. The molecule has 0 saturated carbocycles. The lowest BCUT2D eigenvalue weighted by Gasteiger charge is -2.35. The molecule has 0 aromatic heterocycles. The topological polar surface area (TPSA) is 43.9 Å². The summed E-state index contributed by atoms with van der Waals surface area (Å²) < 4.78 is 27.2. The van der Waals surface area contributed by atoms with Crippen molar-refractivity contribution in [3.63, 3.8) is 0 Å². The van der Waals surface area contributed by atoms with Gasteiger partial charge in [0.1, 0.15) is 17.7 Å². The maximum absolute atomic E-state index is 13.9. The number of carbonyl (C=O) groups excluding carboxylic acids is 2. The quantitative estimate of drug-likeness (QED) is 0.818. The van der Waals surface area contributed by atoms with Gasteiger partial charge in [0.25, 0.3) is 5.91 Å². The molecule has 2 aliphatic heterocycles. The lowest BCUT2D eigenvalue weighted by molar-refractivity contribution is -0.136. The lowest BCUT2D eigenvalue weighted by Crippen LogP contribution is -2.53. The molecule has 0 unspecified atom stereocenters. The molecular formula is C17H21F2N3O2. The van der Waals surface area contributed by atoms with Gasteiger partial charge in [-0.3, -0.25) is 9.59 Å². The van der Waals surface area contributed by atoms with E-state index in [1.807, 2.05) is 7.05 Å². The number of piperazine rings is 1. The van der Waals surface area contributed by atoms with Crippen molar-refractivity contribution < 1.29 is 18.4 Å². The van der Waals surface area contributed by atoms with Crippen LogP contribution in [0.2, 0.25) is 0 Å². The molecule has 5 nitrogen and oxygen atoms in total. The molecule has 0 spiro atoms. The molecule has 1 aromatic rings. The molecule has 1 aromatic carbocycles. The molecule has 24 heavy (non-hydrogen) atoms. The second-order valence-corrected chi connectivity index (χ2v) is 6.41. The van der Waals surface area contributed by atoms with Crippen LogP contribution in [0.3, 0.4) is 0 Å². The van der Waals surface area contributed by atoms with Crippen LogP contribution in [0.5, 0.6) is 0 Å². The van der Waals surface area contributed by atoms with E-state index in [0.717, 1.165) is 31.3 Å². The zero-order valence-electron chi connectivity index (χ0n) is 13.7. The first-order chi connectivity index (χ1) is 11.5. The molecule has 2 amide bonds. The number of halogens is 2. The first kappa shape index (κ1) is 16.8. The smallest absolute Gasteiger partial charge is 0.257 e. The normalized spacial score (nSPS) is 22.0. The number of hydrogen-bond acceptors (Lipinski definition) is 3. The van der Waals surface area contributed by atoms with Crippen LogP contribution in [0, 0.1) is 11.6 Å². The first-order valence-corrected chi connectivity index (χ1v) is 8.20. The molecule has 2 saturated heterocycles. The fraction of sp³-hybridized carbons (Fsp3) is 0.529. The van der Waals surface area contributed by atoms with Crippen molar-refractivity contribution >= 4 is 11.8 Å². The van der Waals surface area contributed by atoms with Gasteiger partial charge < -0.3 is 14.7 Å². The number of nitrogens with zero attached hydrogens (tertiary/aromatic N) is 3. The van der Waals surface area contributed by atoms with Gasteiger partial charge >= 0.3 is 0 Å². The molecule has 0 radical (unpaired) electrons. The van der Waals surface area contributed by atoms with Gasteiger partial charge in [-0.1, -0.05) is 0 Å². The Morgan fingerprint density at radius 3 is 2.50 bits per heavy atom. The maximum atomic E-state index is 13.9. The zero-order valence-corrected chi connectivity index (χ0v) is 13.7. The summed E-state index contributed by atoms with van der Waals surface area (Å²) in [6, 6.07) is 2.23. The zero-order chi connectivity index (χ0) is 17.3. The molecule has 3 rings (SSSR count). The molecule has 1 atom stereocenters. The van der Waals surface area contributed by atoms with Gasteiger partial charge in [0, 0.05) is 32.7 Å². The van der Waals surface area contributed by atoms with E-state index in [-0.39, 0.29) is 11.5 Å². The number of likely N-dealkylation sites (N-methyl/N-ethyl adjacent to an activating group) is 1. The van der Waals surface area contributed by atoms with E-state index < -0.39 is 23.6 Å². The second-order valence-electron chi connectivity index (χ2n) is 6.41. The number of benzene rings is 1. The van der Waals surface area contributed by atoms with Gasteiger partial charge in [0.2, 0.25) is 5.91 Å². The van der Waals surface area contributed by atoms with E-state index in [1.54, 1.807) is 4.90 Å². The fourth-order valence-corrected chi connectivity index (χ4v) is 3.32. The summed E-state index contributed by atoms with van der Waals surface area (Å²) in [5, 5.41) is 0. The average molecular weight is 337 g/mol. The Morgan fingerprint density at radius 2 is 1.79 bits per heavy atom. The number of hydrogen-bond donors (Lipinski definition) is 0. The summed E-state index contributed by atoms with van der Waals surface area (Å²) in [6.07, 6.45) is 1.25. The van der Waals surface area contributed by atoms with Crippen molar-refractivity contribution in [3.8, 4) is 0 Å². The number of rotatable bonds is 2. The highest BCUT2D eigenvalue weighted by Gasteiger charge is 2.38. The molecule has 2 heterocycles. The third-order valence-electron chi connectivity index (χ3n) is 4.77. The number of carbonyl (C=O) groups is 2. The second kappa shape index (κ2) is 6.84. The summed E-state index contributed by atoms with van der Waals surface area (Å²) >= 11 is 0. The third kappa shape index (κ3) is 3.26. The Hall–Kier alpha value is -2.02. The highest BCUT2D eigenvalue weighted by Crippen LogP contribution is 2.24. The Morgan fingerprint density at radius 1 is 1.08 bits per heavy atom. The summed E-state index contributed by atoms with van der Waals surface area (Å²) in [6.45, 7) is 3.24. The first-order valence-electron chi connectivity index (χ1n) is 8.20. The Kier molecular flexibility index (Phi) is 4.80. The molecule has 130 valence electrons. The van der Waals surface area contributed by atoms with E-state index in [4.69, 9.17) is 0 Å². The van der Waals surface area contributed by atoms with Crippen LogP contribution in [0.15, 0.2) is 18.2 Å². The largest absolute Gasteiger partial charge is 0.338 e. The van der Waals surface area contributed by atoms with Gasteiger partial charge in [-0.15, -0.1) is 0 Å². The highest BCUT2D eigenvalue weighted by molar-refractivity contribution is 5.98. The van der Waals surface area contributed by atoms with Crippen LogP contribution in [0.25, 0.3) is 0 Å². The molecule has 0 aliphatic carbocycles. The van der Waals surface area contributed by atoms with Crippen LogP contribution in [-0.2, 0) is 4.79 Å². The average Bonchev–Trinajstić information content (AvgIpc) is 3.06. The lowest BCUT2D eigenvalue weighted by atomic mass is 10.1. The van der Waals surface area contributed by atoms with E-state index in [0.29, 0.717) is 32.5 Å². The highest BCUT2D eigenvalue weighted by atomic mass is 19.1. The Labute approximate surface area is 139 Å². The van der Waals surface area contributed by atoms with Crippen molar-refractivity contribution in [1.29, 1.82) is 0 Å². The van der Waals surface area contributed by atoms with Crippen LogP contribution in [0.4, 0.5) is 8.78 Å². The van der Waals surface area contributed by atoms with Crippen LogP contribution < -0.4 is 0 Å². The summed E-state index contributed by atoms with van der Waals surface area (Å²) in [5.41, 5.74) is -0.312. The van der Waals surface area contributed by atoms with Crippen LogP contribution in [0.1, 0.15) is 23.2 Å². The predicted octanol–water partition coefficient (Wildman–Crippen LogP) is 1.34. The third-order valence-corrected chi connectivity index (χ3v) is 4.77. The fourth-order valence-electron chi connectivity index (χ4n) is 3.32. The van der Waals surface area contributed by atoms with Crippen molar-refractivity contribution in [2.75, 3.05) is 39.8 Å². The standard InChI is InChI=1S/C17H21F2N3O2/c1-20-7-9-21(10-8-20)17(24)15-3-2-6-22(15)16(23)13-11-12(18)4-5-14(13)19/h4-5,11,15H,2-3,6-10H2,1H3/t15-/m1/s1. The van der Waals surface area contributed by atoms with Crippen molar-refractivity contribution in [2.24, 2.45) is 0 Å². The number of amides is 2. The molecule has 0 N–H and O–H groups in total. The van der Waals surface area contributed by atoms with E-state index in [2.05, 4.69) is 4.90 Å². The molecule has 2 aliphatic rings. The monoisotopic (exact) mass is 337 g/mol. The van der Waals surface area contributed by atoms with E-state index >= 15 is 0 Å².